The van der Waals surface area contributed by atoms with Crippen molar-refractivity contribution in [1.29, 1.82) is 0 Å². The number of hydrogen-bond acceptors (Lipinski definition) is 6. The number of nitrogens with zero attached hydrogens (tertiary/aromatic N) is 1. The lowest BCUT2D eigenvalue weighted by Crippen LogP contribution is -2.03. The van der Waals surface area contributed by atoms with E-state index >= 15 is 0 Å². The summed E-state index contributed by atoms with van der Waals surface area (Å²) in [5, 5.41) is 26.1. The fourth-order valence-corrected chi connectivity index (χ4v) is 4.05. The van der Waals surface area contributed by atoms with Crippen LogP contribution < -0.4 is 9.47 Å². The molecule has 1 aliphatic rings. The molecule has 0 radical (unpaired) electrons. The number of H-pyrrole nitrogens is 1. The number of rotatable bonds is 10. The van der Waals surface area contributed by atoms with Crippen LogP contribution in [0, 0.1) is 0 Å². The van der Waals surface area contributed by atoms with Crippen molar-refractivity contribution in [3.63, 3.8) is 0 Å². The second-order valence-corrected chi connectivity index (χ2v) is 7.70. The Morgan fingerprint density at radius 1 is 1.18 bits per heavy atom. The van der Waals surface area contributed by atoms with Crippen LogP contribution in [-0.4, -0.2) is 44.9 Å². The van der Waals surface area contributed by atoms with Crippen molar-refractivity contribution >= 4 is 35.3 Å². The zero-order valence-electron chi connectivity index (χ0n) is 14.9. The Kier molecular flexibility index (Phi) is 6.69. The van der Waals surface area contributed by atoms with E-state index in [9.17, 15) is 14.7 Å². The van der Waals surface area contributed by atoms with Gasteiger partial charge in [-0.1, -0.05) is 18.0 Å². The summed E-state index contributed by atoms with van der Waals surface area (Å²) in [5.74, 6) is -0.0637. The predicted octanol–water partition coefficient (Wildman–Crippen LogP) is 3.82. The van der Waals surface area contributed by atoms with Gasteiger partial charge in [-0.25, -0.2) is 4.79 Å². The second-order valence-electron chi connectivity index (χ2n) is 6.21. The average Bonchev–Trinajstić information content (AvgIpc) is 3.24. The number of carbonyl (C=O) groups is 2. The number of unbranched alkanes of at least 4 members (excludes halogenated alkanes) is 2. The van der Waals surface area contributed by atoms with Gasteiger partial charge in [-0.15, -0.1) is 11.8 Å². The number of halogens is 1. The van der Waals surface area contributed by atoms with Gasteiger partial charge in [0.1, 0.15) is 10.6 Å². The molecule has 1 aliphatic heterocycles. The van der Waals surface area contributed by atoms with E-state index in [4.69, 9.17) is 26.2 Å². The third-order valence-electron chi connectivity index (χ3n) is 4.20. The molecule has 0 atom stereocenters. The zero-order valence-corrected chi connectivity index (χ0v) is 16.4. The summed E-state index contributed by atoms with van der Waals surface area (Å²) in [6, 6.07) is 3.40. The molecule has 28 heavy (non-hydrogen) atoms. The lowest BCUT2D eigenvalue weighted by Gasteiger charge is -2.06. The number of carboxylic acid groups (broad SMARTS) is 2. The molecule has 0 unspecified atom stereocenters. The molecule has 0 aliphatic carbocycles. The van der Waals surface area contributed by atoms with E-state index in [1.807, 2.05) is 0 Å². The number of thioether (sulfide) groups is 1. The molecule has 2 aromatic rings. The molecule has 2 heterocycles. The van der Waals surface area contributed by atoms with Crippen LogP contribution in [0.25, 0.3) is 0 Å². The number of aromatic amines is 1. The van der Waals surface area contributed by atoms with E-state index in [0.29, 0.717) is 45.0 Å². The van der Waals surface area contributed by atoms with Gasteiger partial charge in [0.2, 0.25) is 6.79 Å². The molecular formula is C18H19ClN2O6S. The van der Waals surface area contributed by atoms with Gasteiger partial charge < -0.3 is 19.7 Å². The summed E-state index contributed by atoms with van der Waals surface area (Å²) in [5.41, 5.74) is 1.30. The number of nitrogens with one attached hydrogen (secondary N) is 1. The van der Waals surface area contributed by atoms with Crippen LogP contribution in [0.15, 0.2) is 17.2 Å². The van der Waals surface area contributed by atoms with Crippen LogP contribution in [0.2, 0.25) is 5.02 Å². The van der Waals surface area contributed by atoms with Crippen molar-refractivity contribution in [2.24, 2.45) is 0 Å². The van der Waals surface area contributed by atoms with E-state index in [-0.39, 0.29) is 25.2 Å². The molecule has 3 N–H and O–H groups in total. The highest BCUT2D eigenvalue weighted by Crippen LogP contribution is 2.38. The summed E-state index contributed by atoms with van der Waals surface area (Å²) in [7, 11) is 0. The Morgan fingerprint density at radius 2 is 1.93 bits per heavy atom. The van der Waals surface area contributed by atoms with E-state index < -0.39 is 11.9 Å². The van der Waals surface area contributed by atoms with Crippen LogP contribution in [-0.2, 0) is 11.2 Å². The number of benzene rings is 1. The molecule has 0 fully saturated rings. The van der Waals surface area contributed by atoms with E-state index in [1.54, 1.807) is 12.1 Å². The largest absolute Gasteiger partial charge is 0.481 e. The van der Waals surface area contributed by atoms with Gasteiger partial charge in [0.25, 0.3) is 0 Å². The molecule has 0 bridgehead atoms. The minimum absolute atomic E-state index is 0.129. The minimum Gasteiger partial charge on any atom is -0.481 e. The lowest BCUT2D eigenvalue weighted by molar-refractivity contribution is -0.137. The zero-order chi connectivity index (χ0) is 20.1. The summed E-state index contributed by atoms with van der Waals surface area (Å²) in [6.45, 7) is 0.132. The number of aliphatic carboxylic acids is 1. The van der Waals surface area contributed by atoms with Crippen molar-refractivity contribution < 1.29 is 29.3 Å². The molecular weight excluding hydrogens is 408 g/mol. The SMILES string of the molecule is O=C(O)CCCCCSc1n[nH]c(Cc2cc3c(cc2Cl)OCO3)c1C(=O)O. The highest BCUT2D eigenvalue weighted by Gasteiger charge is 2.23. The molecule has 0 saturated carbocycles. The fourth-order valence-electron chi connectivity index (χ4n) is 2.82. The summed E-state index contributed by atoms with van der Waals surface area (Å²) >= 11 is 7.63. The van der Waals surface area contributed by atoms with Crippen molar-refractivity contribution in [1.82, 2.24) is 10.2 Å². The minimum atomic E-state index is -1.06. The number of fused-ring (bicyclic) bond motifs is 1. The molecule has 3 rings (SSSR count). The normalized spacial score (nSPS) is 12.3. The van der Waals surface area contributed by atoms with Gasteiger partial charge in [0.15, 0.2) is 11.5 Å². The smallest absolute Gasteiger partial charge is 0.340 e. The molecule has 0 saturated heterocycles. The number of aromatic carboxylic acids is 1. The maximum atomic E-state index is 11.8. The Morgan fingerprint density at radius 3 is 2.64 bits per heavy atom. The molecule has 1 aromatic heterocycles. The van der Waals surface area contributed by atoms with Crippen LogP contribution in [0.4, 0.5) is 0 Å². The summed E-state index contributed by atoms with van der Waals surface area (Å²) < 4.78 is 10.6. The van der Waals surface area contributed by atoms with Crippen LogP contribution >= 0.6 is 23.4 Å². The monoisotopic (exact) mass is 426 g/mol. The Hall–Kier alpha value is -2.39. The molecule has 10 heteroatoms. The third-order valence-corrected chi connectivity index (χ3v) is 5.62. The van der Waals surface area contributed by atoms with Crippen molar-refractivity contribution in [2.45, 2.75) is 37.1 Å². The second kappa shape index (κ2) is 9.20. The van der Waals surface area contributed by atoms with Gasteiger partial charge in [-0.2, -0.15) is 5.10 Å². The van der Waals surface area contributed by atoms with Crippen molar-refractivity contribution in [3.8, 4) is 11.5 Å². The molecule has 150 valence electrons. The van der Waals surface area contributed by atoms with Crippen LogP contribution in [0.1, 0.15) is 47.3 Å². The van der Waals surface area contributed by atoms with Gasteiger partial charge in [-0.05, 0) is 30.2 Å². The standard InChI is InChI=1S/C18H19ClN2O6S/c19-11-8-14-13(26-9-27-14)7-10(11)6-12-16(18(24)25)17(21-20-12)28-5-3-1-2-4-15(22)23/h7-8H,1-6,9H2,(H,20,21)(H,22,23)(H,24,25). The average molecular weight is 427 g/mol. The Balaban J connectivity index is 1.66. The Labute approximate surface area is 170 Å². The van der Waals surface area contributed by atoms with E-state index in [1.165, 1.54) is 11.8 Å². The van der Waals surface area contributed by atoms with Crippen LogP contribution in [0.3, 0.4) is 0 Å². The number of aromatic nitrogens is 2. The van der Waals surface area contributed by atoms with E-state index in [0.717, 1.165) is 12.8 Å². The van der Waals surface area contributed by atoms with Crippen LogP contribution in [0.5, 0.6) is 11.5 Å². The first-order valence-electron chi connectivity index (χ1n) is 8.69. The first-order chi connectivity index (χ1) is 13.5. The maximum Gasteiger partial charge on any atom is 0.340 e. The van der Waals surface area contributed by atoms with Gasteiger partial charge >= 0.3 is 11.9 Å². The van der Waals surface area contributed by atoms with Gasteiger partial charge in [0.05, 0.1) is 5.69 Å². The van der Waals surface area contributed by atoms with Crippen molar-refractivity contribution in [3.05, 3.63) is 34.0 Å². The number of ether oxygens (including phenoxy) is 2. The molecule has 0 amide bonds. The maximum absolute atomic E-state index is 11.8. The molecule has 8 nitrogen and oxygen atoms in total. The quantitative estimate of drug-likeness (QED) is 0.387. The first-order valence-corrected chi connectivity index (χ1v) is 10.0. The number of carboxylic acids is 2. The third kappa shape index (κ3) is 4.90. The lowest BCUT2D eigenvalue weighted by atomic mass is 10.1. The highest BCUT2D eigenvalue weighted by molar-refractivity contribution is 7.99. The predicted molar refractivity (Wildman–Crippen MR) is 103 cm³/mol. The van der Waals surface area contributed by atoms with Crippen molar-refractivity contribution in [2.75, 3.05) is 12.5 Å². The summed E-state index contributed by atoms with van der Waals surface area (Å²) in [6.07, 6.45) is 2.58. The number of hydrogen-bond donors (Lipinski definition) is 3. The molecule has 0 spiro atoms. The van der Waals surface area contributed by atoms with E-state index in [2.05, 4.69) is 10.2 Å². The summed E-state index contributed by atoms with van der Waals surface area (Å²) in [4.78, 5) is 22.3. The highest BCUT2D eigenvalue weighted by atomic mass is 35.5. The topological polar surface area (TPSA) is 122 Å². The first kappa shape index (κ1) is 20.3. The molecule has 1 aromatic carbocycles. The van der Waals surface area contributed by atoms with Gasteiger partial charge in [0, 0.05) is 23.9 Å². The fraction of sp³-hybridized carbons (Fsp3) is 0.389. The van der Waals surface area contributed by atoms with Gasteiger partial charge in [-0.3, -0.25) is 9.89 Å². The Bertz CT molecular complexity index is 885.